The molecule has 0 radical (unpaired) electrons. The van der Waals surface area contributed by atoms with Crippen LogP contribution in [0.2, 0.25) is 0 Å². The predicted octanol–water partition coefficient (Wildman–Crippen LogP) is 9.35. The number of carboxylic acid groups (broad SMARTS) is 1. The standard InChI is InChI=1S/C48H74N2O6/c1-29(2)30-16-21-47(38(52)49-34-26-48(28-46(34,48)10)39(53)50-24-12-11-13-25-50)23-22-44(8)31(37(30)47)14-15-33-43(7)19-18-35(56-36(51)27-41(3,4)40(54)55)42(5,6)32(43)17-20-45(33,44)9/h30-35,37H,1,11-28H2,2-10H3,(H,49,52)(H,54,55). The van der Waals surface area contributed by atoms with Gasteiger partial charge in [-0.3, -0.25) is 19.2 Å². The van der Waals surface area contributed by atoms with Crippen molar-refractivity contribution in [2.45, 2.75) is 177 Å². The molecule has 8 fully saturated rings. The molecule has 7 aliphatic carbocycles. The van der Waals surface area contributed by atoms with E-state index < -0.39 is 17.4 Å². The van der Waals surface area contributed by atoms with Gasteiger partial charge in [0.2, 0.25) is 11.8 Å². The normalized spacial score (nSPS) is 47.4. The summed E-state index contributed by atoms with van der Waals surface area (Å²) < 4.78 is 6.20. The van der Waals surface area contributed by atoms with Crippen LogP contribution in [0.3, 0.4) is 0 Å². The largest absolute Gasteiger partial charge is 0.481 e. The average molecular weight is 775 g/mol. The first-order chi connectivity index (χ1) is 26.0. The third-order valence-electron chi connectivity index (χ3n) is 20.2. The molecule has 13 unspecified atom stereocenters. The Morgan fingerprint density at radius 3 is 2.16 bits per heavy atom. The van der Waals surface area contributed by atoms with Gasteiger partial charge in [0.15, 0.2) is 0 Å². The topological polar surface area (TPSA) is 113 Å². The highest BCUT2D eigenvalue weighted by molar-refractivity contribution is 5.91. The number of hydrogen-bond acceptors (Lipinski definition) is 5. The van der Waals surface area contributed by atoms with Crippen LogP contribution in [0.5, 0.6) is 0 Å². The van der Waals surface area contributed by atoms with E-state index in [0.717, 1.165) is 103 Å². The van der Waals surface area contributed by atoms with Gasteiger partial charge in [-0.05, 0) is 163 Å². The number of carbonyl (C=O) groups is 4. The Labute approximate surface area is 337 Å². The van der Waals surface area contributed by atoms with Crippen LogP contribution in [0.25, 0.3) is 0 Å². The lowest BCUT2D eigenvalue weighted by Gasteiger charge is -2.73. The molecule has 2 amide bonds. The minimum absolute atomic E-state index is 0.0841. The summed E-state index contributed by atoms with van der Waals surface area (Å²) in [5, 5.41) is 13.3. The molecule has 0 aromatic heterocycles. The van der Waals surface area contributed by atoms with Gasteiger partial charge in [0.05, 0.1) is 22.7 Å². The van der Waals surface area contributed by atoms with Crippen molar-refractivity contribution in [2.24, 2.45) is 72.9 Å². The molecule has 56 heavy (non-hydrogen) atoms. The van der Waals surface area contributed by atoms with Crippen molar-refractivity contribution in [3.8, 4) is 0 Å². The maximum atomic E-state index is 15.0. The number of carbonyl (C=O) groups excluding carboxylic acids is 3. The Bertz CT molecular complexity index is 1700. The first-order valence-electron chi connectivity index (χ1n) is 22.7. The van der Waals surface area contributed by atoms with Crippen LogP contribution in [-0.2, 0) is 23.9 Å². The summed E-state index contributed by atoms with van der Waals surface area (Å²) in [4.78, 5) is 55.8. The Morgan fingerprint density at radius 1 is 0.821 bits per heavy atom. The first kappa shape index (κ1) is 40.4. The SMILES string of the molecule is C=C(C)C1CCC2(C(=O)NC3CC4(C(=O)N5CCCCC5)CC34C)CCC3(C)C(CCC4C5(C)CCC(OC(=O)CC(C)(C)C(=O)O)C(C)(C)C5CCC43C)C12. The number of aliphatic carboxylic acids is 1. The molecule has 1 saturated heterocycles. The Hall–Kier alpha value is -2.38. The summed E-state index contributed by atoms with van der Waals surface area (Å²) >= 11 is 0. The Balaban J connectivity index is 1.01. The minimum Gasteiger partial charge on any atom is -0.481 e. The molecule has 1 heterocycles. The van der Waals surface area contributed by atoms with Crippen LogP contribution in [0.4, 0.5) is 0 Å². The number of allylic oxidation sites excluding steroid dienone is 1. The molecule has 2 N–H and O–H groups in total. The highest BCUT2D eigenvalue weighted by Gasteiger charge is 2.81. The number of hydrogen-bond donors (Lipinski definition) is 2. The van der Waals surface area contributed by atoms with E-state index >= 15 is 4.79 Å². The van der Waals surface area contributed by atoms with Crippen molar-refractivity contribution in [3.63, 3.8) is 0 Å². The number of rotatable bonds is 8. The number of ether oxygens (including phenoxy) is 1. The fraction of sp³-hybridized carbons (Fsp3) is 0.875. The van der Waals surface area contributed by atoms with Crippen LogP contribution in [-0.4, -0.2) is 59.0 Å². The number of carboxylic acids is 1. The molecule has 8 aliphatic rings. The molecule has 0 aromatic rings. The number of amides is 2. The lowest BCUT2D eigenvalue weighted by Crippen LogP contribution is -2.68. The monoisotopic (exact) mass is 775 g/mol. The summed E-state index contributed by atoms with van der Waals surface area (Å²) in [7, 11) is 0. The van der Waals surface area contributed by atoms with Crippen molar-refractivity contribution >= 4 is 23.8 Å². The van der Waals surface area contributed by atoms with Crippen LogP contribution in [0, 0.1) is 72.9 Å². The molecule has 0 bridgehead atoms. The van der Waals surface area contributed by atoms with Gasteiger partial charge >= 0.3 is 11.9 Å². The second-order valence-corrected chi connectivity index (χ2v) is 23.3. The van der Waals surface area contributed by atoms with Gasteiger partial charge in [-0.1, -0.05) is 53.7 Å². The third-order valence-corrected chi connectivity index (χ3v) is 20.2. The molecule has 8 heteroatoms. The molecule has 0 aromatic carbocycles. The maximum absolute atomic E-state index is 15.0. The smallest absolute Gasteiger partial charge is 0.309 e. The Kier molecular flexibility index (Phi) is 9.24. The van der Waals surface area contributed by atoms with Crippen molar-refractivity contribution in [1.29, 1.82) is 0 Å². The van der Waals surface area contributed by atoms with E-state index in [1.807, 2.05) is 0 Å². The van der Waals surface area contributed by atoms with E-state index in [1.165, 1.54) is 12.0 Å². The van der Waals surface area contributed by atoms with Crippen molar-refractivity contribution in [2.75, 3.05) is 13.1 Å². The maximum Gasteiger partial charge on any atom is 0.309 e. The molecule has 312 valence electrons. The highest BCUT2D eigenvalue weighted by atomic mass is 16.5. The molecule has 7 saturated carbocycles. The number of nitrogens with zero attached hydrogens (tertiary/aromatic N) is 1. The molecule has 8 rings (SSSR count). The summed E-state index contributed by atoms with van der Waals surface area (Å²) in [6.45, 7) is 26.4. The number of nitrogens with one attached hydrogen (secondary N) is 1. The lowest BCUT2D eigenvalue weighted by molar-refractivity contribution is -0.249. The van der Waals surface area contributed by atoms with Crippen molar-refractivity contribution < 1.29 is 29.0 Å². The minimum atomic E-state index is -1.16. The van der Waals surface area contributed by atoms with Gasteiger partial charge < -0.3 is 20.1 Å². The zero-order valence-corrected chi connectivity index (χ0v) is 36.4. The molecular formula is C48H74N2O6. The predicted molar refractivity (Wildman–Crippen MR) is 217 cm³/mol. The Morgan fingerprint density at radius 2 is 1.52 bits per heavy atom. The van der Waals surface area contributed by atoms with Gasteiger partial charge in [0, 0.05) is 30.0 Å². The fourth-order valence-corrected chi connectivity index (χ4v) is 16.5. The first-order valence-corrected chi connectivity index (χ1v) is 22.7. The third kappa shape index (κ3) is 5.32. The zero-order valence-electron chi connectivity index (χ0n) is 36.4. The van der Waals surface area contributed by atoms with Gasteiger partial charge in [-0.25, -0.2) is 0 Å². The van der Waals surface area contributed by atoms with E-state index in [-0.39, 0.29) is 68.3 Å². The van der Waals surface area contributed by atoms with Crippen LogP contribution in [0.15, 0.2) is 12.2 Å². The summed E-state index contributed by atoms with van der Waals surface area (Å²) in [5.41, 5.74) is -0.556. The quantitative estimate of drug-likeness (QED) is 0.188. The van der Waals surface area contributed by atoms with Gasteiger partial charge in [-0.2, -0.15) is 0 Å². The molecular weight excluding hydrogens is 701 g/mol. The number of piperidine rings is 1. The number of fused-ring (bicyclic) bond motifs is 8. The lowest BCUT2D eigenvalue weighted by atomic mass is 9.32. The van der Waals surface area contributed by atoms with E-state index in [2.05, 4.69) is 65.3 Å². The van der Waals surface area contributed by atoms with Gasteiger partial charge in [-0.15, -0.1) is 0 Å². The molecule has 8 nitrogen and oxygen atoms in total. The second kappa shape index (κ2) is 12.8. The second-order valence-electron chi connectivity index (χ2n) is 23.3. The number of esters is 1. The highest BCUT2D eigenvalue weighted by Crippen LogP contribution is 2.80. The molecule has 1 aliphatic heterocycles. The average Bonchev–Trinajstić information content (AvgIpc) is 3.39. The van der Waals surface area contributed by atoms with Crippen LogP contribution in [0.1, 0.15) is 165 Å². The van der Waals surface area contributed by atoms with Crippen LogP contribution >= 0.6 is 0 Å². The zero-order chi connectivity index (χ0) is 40.6. The van der Waals surface area contributed by atoms with Crippen molar-refractivity contribution in [1.82, 2.24) is 10.2 Å². The summed E-state index contributed by atoms with van der Waals surface area (Å²) in [6, 6.07) is 0.0841. The van der Waals surface area contributed by atoms with E-state index in [4.69, 9.17) is 4.74 Å². The van der Waals surface area contributed by atoms with Crippen molar-refractivity contribution in [3.05, 3.63) is 12.2 Å². The van der Waals surface area contributed by atoms with E-state index in [9.17, 15) is 19.5 Å². The molecule has 0 spiro atoms. The van der Waals surface area contributed by atoms with Gasteiger partial charge in [0.25, 0.3) is 0 Å². The summed E-state index contributed by atoms with van der Waals surface area (Å²) in [6.07, 6.45) is 15.1. The molecule has 13 atom stereocenters. The number of likely N-dealkylation sites (tertiary alicyclic amines) is 1. The van der Waals surface area contributed by atoms with E-state index in [1.54, 1.807) is 13.8 Å². The fourth-order valence-electron chi connectivity index (χ4n) is 16.5. The van der Waals surface area contributed by atoms with E-state index in [0.29, 0.717) is 29.6 Å². The summed E-state index contributed by atoms with van der Waals surface area (Å²) in [5.74, 6) is 1.27. The van der Waals surface area contributed by atoms with Crippen LogP contribution < -0.4 is 5.32 Å². The van der Waals surface area contributed by atoms with Gasteiger partial charge in [0.1, 0.15) is 6.10 Å².